The van der Waals surface area contributed by atoms with E-state index in [1.807, 2.05) is 49.3 Å². The second-order valence-corrected chi connectivity index (χ2v) is 7.21. The zero-order valence-corrected chi connectivity index (χ0v) is 16.7. The van der Waals surface area contributed by atoms with Crippen molar-refractivity contribution >= 4 is 29.0 Å². The van der Waals surface area contributed by atoms with Crippen LogP contribution in [0.2, 0.25) is 0 Å². The van der Waals surface area contributed by atoms with Crippen LogP contribution in [0.1, 0.15) is 17.2 Å². The van der Waals surface area contributed by atoms with E-state index in [0.717, 1.165) is 5.69 Å². The van der Waals surface area contributed by atoms with E-state index in [1.54, 1.807) is 48.7 Å². The van der Waals surface area contributed by atoms with Crippen LogP contribution in [0, 0.1) is 0 Å². The molecule has 6 nitrogen and oxygen atoms in total. The summed E-state index contributed by atoms with van der Waals surface area (Å²) in [6, 6.07) is 20.7. The first kappa shape index (κ1) is 19.4. The number of pyridine rings is 1. The Kier molecular flexibility index (Phi) is 5.06. The average Bonchev–Trinajstić information content (AvgIpc) is 3.05. The van der Waals surface area contributed by atoms with Gasteiger partial charge in [0.05, 0.1) is 11.6 Å². The van der Waals surface area contributed by atoms with Gasteiger partial charge in [-0.1, -0.05) is 48.5 Å². The molecule has 1 aliphatic rings. The maximum atomic E-state index is 13.0. The lowest BCUT2D eigenvalue weighted by atomic mass is 9.95. The number of aliphatic hydroxyl groups is 1. The molecule has 0 unspecified atom stereocenters. The van der Waals surface area contributed by atoms with E-state index in [2.05, 4.69) is 4.98 Å². The number of hydrogen-bond acceptors (Lipinski definition) is 5. The largest absolute Gasteiger partial charge is 0.507 e. The molecule has 1 N–H and O–H groups in total. The van der Waals surface area contributed by atoms with Crippen LogP contribution in [0.15, 0.2) is 84.6 Å². The molecule has 30 heavy (non-hydrogen) atoms. The number of anilines is 2. The summed E-state index contributed by atoms with van der Waals surface area (Å²) in [5, 5.41) is 11.0. The topological polar surface area (TPSA) is 73.7 Å². The smallest absolute Gasteiger partial charge is 0.301 e. The minimum absolute atomic E-state index is 0.0504. The number of benzene rings is 2. The van der Waals surface area contributed by atoms with Gasteiger partial charge in [-0.3, -0.25) is 14.5 Å². The summed E-state index contributed by atoms with van der Waals surface area (Å²) >= 11 is 0. The number of carbonyl (C=O) groups is 2. The zero-order valence-electron chi connectivity index (χ0n) is 16.7. The Balaban J connectivity index is 1.92. The van der Waals surface area contributed by atoms with Crippen molar-refractivity contribution in [3.8, 4) is 0 Å². The second kappa shape index (κ2) is 7.83. The predicted octanol–water partition coefficient (Wildman–Crippen LogP) is 3.77. The maximum absolute atomic E-state index is 13.0. The number of aliphatic hydroxyl groups excluding tert-OH is 1. The molecule has 3 aromatic rings. The van der Waals surface area contributed by atoms with E-state index in [0.29, 0.717) is 16.9 Å². The van der Waals surface area contributed by atoms with E-state index in [1.165, 1.54) is 4.90 Å². The molecule has 1 amide bonds. The summed E-state index contributed by atoms with van der Waals surface area (Å²) in [5.74, 6) is -1.29. The van der Waals surface area contributed by atoms with Crippen molar-refractivity contribution in [1.29, 1.82) is 0 Å². The van der Waals surface area contributed by atoms with E-state index >= 15 is 0 Å². The molecule has 0 aliphatic carbocycles. The van der Waals surface area contributed by atoms with Gasteiger partial charge in [-0.2, -0.15) is 0 Å². The summed E-state index contributed by atoms with van der Waals surface area (Å²) in [6.07, 6.45) is 1.57. The van der Waals surface area contributed by atoms with Gasteiger partial charge in [0.1, 0.15) is 11.6 Å². The quantitative estimate of drug-likeness (QED) is 0.411. The Morgan fingerprint density at radius 3 is 2.20 bits per heavy atom. The molecule has 4 rings (SSSR count). The maximum Gasteiger partial charge on any atom is 0.301 e. The van der Waals surface area contributed by atoms with Crippen molar-refractivity contribution in [3.63, 3.8) is 0 Å². The van der Waals surface area contributed by atoms with E-state index in [9.17, 15) is 14.7 Å². The van der Waals surface area contributed by atoms with Gasteiger partial charge in [0.25, 0.3) is 5.78 Å². The third-order valence-electron chi connectivity index (χ3n) is 5.11. The zero-order chi connectivity index (χ0) is 21.3. The lowest BCUT2D eigenvalue weighted by molar-refractivity contribution is -0.132. The fourth-order valence-electron chi connectivity index (χ4n) is 3.59. The van der Waals surface area contributed by atoms with Crippen molar-refractivity contribution in [1.82, 2.24) is 4.98 Å². The van der Waals surface area contributed by atoms with Crippen LogP contribution >= 0.6 is 0 Å². The number of nitrogens with zero attached hydrogens (tertiary/aromatic N) is 3. The number of aromatic nitrogens is 1. The highest BCUT2D eigenvalue weighted by atomic mass is 16.3. The Hall–Kier alpha value is -3.93. The first-order valence-electron chi connectivity index (χ1n) is 9.54. The number of carbonyl (C=O) groups excluding carboxylic acids is 2. The fraction of sp³-hybridized carbons (Fsp3) is 0.125. The minimum atomic E-state index is -0.781. The number of Topliss-reactive ketones (excluding diaryl/α,β-unsaturated/α-hetero) is 1. The summed E-state index contributed by atoms with van der Waals surface area (Å²) in [6.45, 7) is 0. The summed E-state index contributed by atoms with van der Waals surface area (Å²) in [5.41, 5.74) is 2.22. The summed E-state index contributed by atoms with van der Waals surface area (Å²) < 4.78 is 0. The highest BCUT2D eigenvalue weighted by Gasteiger charge is 2.47. The lowest BCUT2D eigenvalue weighted by Crippen LogP contribution is -2.30. The number of amides is 1. The molecule has 1 aliphatic heterocycles. The minimum Gasteiger partial charge on any atom is -0.507 e. The lowest BCUT2D eigenvalue weighted by Gasteiger charge is -2.25. The molecule has 2 heterocycles. The Bertz CT molecular complexity index is 1110. The van der Waals surface area contributed by atoms with Crippen LogP contribution in [0.5, 0.6) is 0 Å². The van der Waals surface area contributed by atoms with Gasteiger partial charge in [-0.05, 0) is 29.8 Å². The van der Waals surface area contributed by atoms with Gasteiger partial charge in [0.15, 0.2) is 0 Å². The van der Waals surface area contributed by atoms with Gasteiger partial charge in [0.2, 0.25) is 0 Å². The summed E-state index contributed by atoms with van der Waals surface area (Å²) in [4.78, 5) is 33.6. The van der Waals surface area contributed by atoms with Crippen LogP contribution in [-0.4, -0.2) is 35.9 Å². The Labute approximate surface area is 174 Å². The molecule has 6 heteroatoms. The molecule has 1 aromatic heterocycles. The molecule has 0 saturated carbocycles. The monoisotopic (exact) mass is 399 g/mol. The van der Waals surface area contributed by atoms with E-state index < -0.39 is 17.7 Å². The molecule has 150 valence electrons. The van der Waals surface area contributed by atoms with Crippen molar-refractivity contribution < 1.29 is 14.7 Å². The summed E-state index contributed by atoms with van der Waals surface area (Å²) in [7, 11) is 3.87. The van der Waals surface area contributed by atoms with Crippen LogP contribution in [-0.2, 0) is 9.59 Å². The average molecular weight is 399 g/mol. The molecule has 2 aromatic carbocycles. The van der Waals surface area contributed by atoms with Crippen LogP contribution in [0.4, 0.5) is 11.5 Å². The highest BCUT2D eigenvalue weighted by Crippen LogP contribution is 2.41. The molecular formula is C24H21N3O3. The molecule has 1 fully saturated rings. The first-order valence-corrected chi connectivity index (χ1v) is 9.54. The molecule has 0 bridgehead atoms. The van der Waals surface area contributed by atoms with E-state index in [4.69, 9.17) is 0 Å². The highest BCUT2D eigenvalue weighted by molar-refractivity contribution is 6.51. The van der Waals surface area contributed by atoms with Crippen LogP contribution in [0.3, 0.4) is 0 Å². The SMILES string of the molecule is CN(C)c1ccc([C@@H]2C(=C(O)c3ccccc3)C(=O)C(=O)N2c2ccccn2)cc1. The van der Waals surface area contributed by atoms with Crippen LogP contribution in [0.25, 0.3) is 5.76 Å². The van der Waals surface area contributed by atoms with Gasteiger partial charge >= 0.3 is 5.91 Å². The number of hydrogen-bond donors (Lipinski definition) is 1. The standard InChI is InChI=1S/C24H21N3O3/c1-26(2)18-13-11-16(12-14-18)21-20(22(28)17-8-4-3-5-9-17)23(29)24(30)27(21)19-10-6-7-15-25-19/h3-15,21,28H,1-2H3/t21-/m1/s1. The molecular weight excluding hydrogens is 378 g/mol. The van der Waals surface area contributed by atoms with Gasteiger partial charge < -0.3 is 10.0 Å². The Morgan fingerprint density at radius 2 is 1.60 bits per heavy atom. The van der Waals surface area contributed by atoms with Crippen molar-refractivity contribution in [2.75, 3.05) is 23.9 Å². The second-order valence-electron chi connectivity index (χ2n) is 7.21. The third-order valence-corrected chi connectivity index (χ3v) is 5.11. The third kappa shape index (κ3) is 3.33. The Morgan fingerprint density at radius 1 is 0.933 bits per heavy atom. The van der Waals surface area contributed by atoms with Crippen LogP contribution < -0.4 is 9.80 Å². The van der Waals surface area contributed by atoms with Gasteiger partial charge in [-0.25, -0.2) is 4.98 Å². The molecule has 0 radical (unpaired) electrons. The van der Waals surface area contributed by atoms with Crippen molar-refractivity contribution in [3.05, 3.63) is 95.7 Å². The van der Waals surface area contributed by atoms with Gasteiger partial charge in [0, 0.05) is 31.5 Å². The predicted molar refractivity (Wildman–Crippen MR) is 116 cm³/mol. The molecule has 1 atom stereocenters. The number of rotatable bonds is 4. The normalized spacial score (nSPS) is 17.9. The fourth-order valence-corrected chi connectivity index (χ4v) is 3.59. The van der Waals surface area contributed by atoms with Crippen molar-refractivity contribution in [2.45, 2.75) is 6.04 Å². The number of ketones is 1. The van der Waals surface area contributed by atoms with Crippen molar-refractivity contribution in [2.24, 2.45) is 0 Å². The van der Waals surface area contributed by atoms with Gasteiger partial charge in [-0.15, -0.1) is 0 Å². The molecule has 0 spiro atoms. The molecule has 1 saturated heterocycles. The van der Waals surface area contributed by atoms with E-state index in [-0.39, 0.29) is 11.3 Å². The first-order chi connectivity index (χ1) is 14.5.